The molecule has 1 aromatic carbocycles. The van der Waals surface area contributed by atoms with E-state index in [9.17, 15) is 8.42 Å². The summed E-state index contributed by atoms with van der Waals surface area (Å²) in [6.07, 6.45) is 6.08. The Hall–Kier alpha value is -0.720. The molecule has 0 spiro atoms. The smallest absolute Gasteiger partial charge is 0.212 e. The predicted octanol–water partition coefficient (Wildman–Crippen LogP) is 2.86. The molecule has 0 saturated heterocycles. The minimum Gasteiger partial charge on any atom is -0.398 e. The maximum absolute atomic E-state index is 11.9. The highest BCUT2D eigenvalue weighted by Crippen LogP contribution is 2.27. The number of sulfonamides is 1. The van der Waals surface area contributed by atoms with Gasteiger partial charge in [-0.05, 0) is 24.5 Å². The number of rotatable bonds is 8. The second kappa shape index (κ2) is 8.06. The van der Waals surface area contributed by atoms with Gasteiger partial charge in [0.2, 0.25) is 10.0 Å². The van der Waals surface area contributed by atoms with Crippen molar-refractivity contribution in [2.75, 3.05) is 23.8 Å². The van der Waals surface area contributed by atoms with E-state index >= 15 is 0 Å². The quantitative estimate of drug-likeness (QED) is 0.568. The fourth-order valence-electron chi connectivity index (χ4n) is 2.66. The number of nitrogens with one attached hydrogen (secondary N) is 1. The molecule has 1 saturated carbocycles. The van der Waals surface area contributed by atoms with Crippen molar-refractivity contribution >= 4 is 27.5 Å². The van der Waals surface area contributed by atoms with Gasteiger partial charge < -0.3 is 5.73 Å². The molecular weight excluding hydrogens is 304 g/mol. The molecule has 1 fully saturated rings. The van der Waals surface area contributed by atoms with E-state index < -0.39 is 10.0 Å². The van der Waals surface area contributed by atoms with Gasteiger partial charge in [-0.2, -0.15) is 0 Å². The maximum Gasteiger partial charge on any atom is 0.212 e. The summed E-state index contributed by atoms with van der Waals surface area (Å²) in [6.45, 7) is 0.575. The largest absolute Gasteiger partial charge is 0.398 e. The molecule has 0 aliphatic heterocycles. The summed E-state index contributed by atoms with van der Waals surface area (Å²) in [5, 5.41) is 0. The number of benzene rings is 1. The van der Waals surface area contributed by atoms with Gasteiger partial charge in [0, 0.05) is 22.9 Å². The van der Waals surface area contributed by atoms with Gasteiger partial charge >= 0.3 is 0 Å². The molecule has 2 rings (SSSR count). The summed E-state index contributed by atoms with van der Waals surface area (Å²) >= 11 is 1.49. The minimum atomic E-state index is -3.17. The number of anilines is 1. The molecule has 0 radical (unpaired) electrons. The van der Waals surface area contributed by atoms with E-state index in [2.05, 4.69) is 4.72 Å². The van der Waals surface area contributed by atoms with Crippen LogP contribution in [0.25, 0.3) is 0 Å². The Morgan fingerprint density at radius 2 is 1.95 bits per heavy atom. The first-order valence-corrected chi connectivity index (χ1v) is 10.2. The van der Waals surface area contributed by atoms with Gasteiger partial charge in [0.15, 0.2) is 0 Å². The lowest BCUT2D eigenvalue weighted by molar-refractivity contribution is 0.496. The number of para-hydroxylation sites is 1. The van der Waals surface area contributed by atoms with E-state index in [0.717, 1.165) is 11.3 Å². The molecule has 21 heavy (non-hydrogen) atoms. The second-order valence-electron chi connectivity index (χ2n) is 5.54. The van der Waals surface area contributed by atoms with Crippen molar-refractivity contribution in [3.05, 3.63) is 24.3 Å². The first-order chi connectivity index (χ1) is 10.1. The Morgan fingerprint density at radius 1 is 1.24 bits per heavy atom. The lowest BCUT2D eigenvalue weighted by Gasteiger charge is -2.10. The number of nitrogen functional groups attached to an aromatic ring is 1. The normalized spacial score (nSPS) is 16.4. The summed E-state index contributed by atoms with van der Waals surface area (Å²) in [7, 11) is -3.17. The molecule has 0 unspecified atom stereocenters. The molecule has 118 valence electrons. The lowest BCUT2D eigenvalue weighted by Crippen LogP contribution is -2.29. The van der Waals surface area contributed by atoms with E-state index in [1.54, 1.807) is 0 Å². The fraction of sp³-hybridized carbons (Fsp3) is 0.600. The third kappa shape index (κ3) is 5.88. The van der Waals surface area contributed by atoms with Gasteiger partial charge in [-0.15, -0.1) is 11.8 Å². The molecule has 1 aliphatic rings. The van der Waals surface area contributed by atoms with E-state index in [1.807, 2.05) is 24.3 Å². The zero-order valence-corrected chi connectivity index (χ0v) is 13.9. The van der Waals surface area contributed by atoms with Crippen LogP contribution in [-0.2, 0) is 10.0 Å². The van der Waals surface area contributed by atoms with Crippen LogP contribution in [0.1, 0.15) is 32.1 Å². The SMILES string of the molecule is Nc1ccccc1SCCS(=O)(=O)NCCC1CCCC1. The Balaban J connectivity index is 1.67. The minimum absolute atomic E-state index is 0.136. The molecule has 3 N–H and O–H groups in total. The zero-order chi connectivity index (χ0) is 15.1. The Bertz CT molecular complexity index is 540. The van der Waals surface area contributed by atoms with Gasteiger partial charge in [0.25, 0.3) is 0 Å². The maximum atomic E-state index is 11.9. The highest BCUT2D eigenvalue weighted by Gasteiger charge is 2.16. The first-order valence-electron chi connectivity index (χ1n) is 7.51. The van der Waals surface area contributed by atoms with Crippen LogP contribution >= 0.6 is 11.8 Å². The highest BCUT2D eigenvalue weighted by molar-refractivity contribution is 8.00. The van der Waals surface area contributed by atoms with E-state index in [4.69, 9.17) is 5.73 Å². The summed E-state index contributed by atoms with van der Waals surface area (Å²) in [4.78, 5) is 0.943. The zero-order valence-electron chi connectivity index (χ0n) is 12.3. The molecule has 0 bridgehead atoms. The lowest BCUT2D eigenvalue weighted by atomic mass is 10.1. The van der Waals surface area contributed by atoms with Crippen LogP contribution in [0.2, 0.25) is 0 Å². The summed E-state index contributed by atoms with van der Waals surface area (Å²) in [5.74, 6) is 1.37. The Kier molecular flexibility index (Phi) is 6.39. The molecule has 1 aliphatic carbocycles. The van der Waals surface area contributed by atoms with Crippen molar-refractivity contribution in [1.82, 2.24) is 4.72 Å². The number of hydrogen-bond donors (Lipinski definition) is 2. The van der Waals surface area contributed by atoms with Crippen LogP contribution in [-0.4, -0.2) is 26.5 Å². The van der Waals surface area contributed by atoms with Crippen molar-refractivity contribution < 1.29 is 8.42 Å². The van der Waals surface area contributed by atoms with Crippen LogP contribution < -0.4 is 10.5 Å². The van der Waals surface area contributed by atoms with Crippen molar-refractivity contribution in [3.8, 4) is 0 Å². The van der Waals surface area contributed by atoms with Crippen LogP contribution in [0, 0.1) is 5.92 Å². The van der Waals surface area contributed by atoms with E-state index in [-0.39, 0.29) is 5.75 Å². The van der Waals surface area contributed by atoms with Gasteiger partial charge in [0.05, 0.1) is 5.75 Å². The van der Waals surface area contributed by atoms with Crippen LogP contribution in [0.15, 0.2) is 29.2 Å². The molecule has 6 heteroatoms. The Morgan fingerprint density at radius 3 is 2.67 bits per heavy atom. The van der Waals surface area contributed by atoms with Crippen LogP contribution in [0.4, 0.5) is 5.69 Å². The van der Waals surface area contributed by atoms with Gasteiger partial charge in [-0.3, -0.25) is 0 Å². The van der Waals surface area contributed by atoms with Gasteiger partial charge in [-0.25, -0.2) is 13.1 Å². The summed E-state index contributed by atoms with van der Waals surface area (Å²) in [5.41, 5.74) is 6.54. The van der Waals surface area contributed by atoms with Crippen molar-refractivity contribution in [2.24, 2.45) is 5.92 Å². The predicted molar refractivity (Wildman–Crippen MR) is 89.9 cm³/mol. The highest BCUT2D eigenvalue weighted by atomic mass is 32.2. The third-order valence-corrected chi connectivity index (χ3v) is 6.61. The van der Waals surface area contributed by atoms with Crippen LogP contribution in [0.3, 0.4) is 0 Å². The molecular formula is C15H24N2O2S2. The second-order valence-corrected chi connectivity index (χ2v) is 8.60. The van der Waals surface area contributed by atoms with Gasteiger partial charge in [0.1, 0.15) is 0 Å². The molecule has 0 aromatic heterocycles. The number of nitrogens with two attached hydrogens (primary N) is 1. The monoisotopic (exact) mass is 328 g/mol. The molecule has 4 nitrogen and oxygen atoms in total. The average molecular weight is 329 g/mol. The molecule has 0 amide bonds. The van der Waals surface area contributed by atoms with Gasteiger partial charge in [-0.1, -0.05) is 37.8 Å². The van der Waals surface area contributed by atoms with Crippen molar-refractivity contribution in [3.63, 3.8) is 0 Å². The molecule has 1 aromatic rings. The number of thioether (sulfide) groups is 1. The topological polar surface area (TPSA) is 72.2 Å². The van der Waals surface area contributed by atoms with Crippen molar-refractivity contribution in [2.45, 2.75) is 37.0 Å². The summed E-state index contributed by atoms with van der Waals surface area (Å²) < 4.78 is 26.6. The fourth-order valence-corrected chi connectivity index (χ4v) is 5.08. The third-order valence-electron chi connectivity index (χ3n) is 3.88. The molecule has 0 atom stereocenters. The Labute approximate surface area is 131 Å². The van der Waals surface area contributed by atoms with E-state index in [0.29, 0.717) is 23.9 Å². The standard InChI is InChI=1S/C15H24N2O2S2/c16-14-7-3-4-8-15(14)20-11-12-21(18,19)17-10-9-13-5-1-2-6-13/h3-4,7-8,13,17H,1-2,5-6,9-12,16H2. The molecule has 0 heterocycles. The average Bonchev–Trinajstić information content (AvgIpc) is 2.94. The first kappa shape index (κ1) is 16.6. The van der Waals surface area contributed by atoms with E-state index in [1.165, 1.54) is 37.4 Å². The number of hydrogen-bond acceptors (Lipinski definition) is 4. The summed E-state index contributed by atoms with van der Waals surface area (Å²) in [6, 6.07) is 7.53. The van der Waals surface area contributed by atoms with Crippen LogP contribution in [0.5, 0.6) is 0 Å². The van der Waals surface area contributed by atoms with Crippen molar-refractivity contribution in [1.29, 1.82) is 0 Å².